The van der Waals surface area contributed by atoms with Gasteiger partial charge < -0.3 is 5.32 Å². The molecule has 0 bridgehead atoms. The van der Waals surface area contributed by atoms with Crippen molar-refractivity contribution in [2.24, 2.45) is 0 Å². The maximum Gasteiger partial charge on any atom is 0.147 e. The number of hydrogen-bond acceptors (Lipinski definition) is 5. The van der Waals surface area contributed by atoms with E-state index in [1.165, 1.54) is 0 Å². The molecule has 6 nitrogen and oxygen atoms in total. The Morgan fingerprint density at radius 2 is 2.42 bits per heavy atom. The second-order valence-electron chi connectivity index (χ2n) is 4.65. The van der Waals surface area contributed by atoms with Crippen LogP contribution in [-0.4, -0.2) is 25.8 Å². The minimum atomic E-state index is 0.232. The maximum absolute atomic E-state index is 9.05. The van der Waals surface area contributed by atoms with Gasteiger partial charge in [0, 0.05) is 18.7 Å². The first kappa shape index (κ1) is 11.7. The van der Waals surface area contributed by atoms with E-state index in [9.17, 15) is 0 Å². The van der Waals surface area contributed by atoms with Gasteiger partial charge in [-0.25, -0.2) is 14.6 Å². The van der Waals surface area contributed by atoms with E-state index in [2.05, 4.69) is 26.5 Å². The van der Waals surface area contributed by atoms with E-state index in [0.29, 0.717) is 11.4 Å². The SMILES string of the molecule is Cc1nc2n(n1)CC(Nc1ncccc1C#N)CC2. The fourth-order valence-electron chi connectivity index (χ4n) is 2.36. The summed E-state index contributed by atoms with van der Waals surface area (Å²) < 4.78 is 1.94. The molecule has 2 aromatic heterocycles. The molecule has 3 rings (SSSR count). The lowest BCUT2D eigenvalue weighted by atomic mass is 10.1. The summed E-state index contributed by atoms with van der Waals surface area (Å²) in [7, 11) is 0. The molecule has 0 spiro atoms. The van der Waals surface area contributed by atoms with Crippen LogP contribution in [-0.2, 0) is 13.0 Å². The summed E-state index contributed by atoms with van der Waals surface area (Å²) in [6, 6.07) is 5.92. The van der Waals surface area contributed by atoms with E-state index >= 15 is 0 Å². The zero-order chi connectivity index (χ0) is 13.2. The van der Waals surface area contributed by atoms with Crippen molar-refractivity contribution in [1.29, 1.82) is 5.26 Å². The molecule has 2 aromatic rings. The van der Waals surface area contributed by atoms with E-state index in [1.807, 2.05) is 11.6 Å². The van der Waals surface area contributed by atoms with Crippen LogP contribution in [0, 0.1) is 18.3 Å². The highest BCUT2D eigenvalue weighted by molar-refractivity contribution is 5.51. The van der Waals surface area contributed by atoms with Crippen molar-refractivity contribution in [2.75, 3.05) is 5.32 Å². The third-order valence-corrected chi connectivity index (χ3v) is 3.23. The monoisotopic (exact) mass is 254 g/mol. The minimum absolute atomic E-state index is 0.232. The third kappa shape index (κ3) is 2.27. The quantitative estimate of drug-likeness (QED) is 0.873. The summed E-state index contributed by atoms with van der Waals surface area (Å²) in [5, 5.41) is 16.7. The summed E-state index contributed by atoms with van der Waals surface area (Å²) in [5.74, 6) is 2.50. The summed E-state index contributed by atoms with van der Waals surface area (Å²) in [4.78, 5) is 8.61. The molecule has 0 radical (unpaired) electrons. The van der Waals surface area contributed by atoms with Crippen LogP contribution < -0.4 is 5.32 Å². The Morgan fingerprint density at radius 3 is 3.26 bits per heavy atom. The van der Waals surface area contributed by atoms with E-state index < -0.39 is 0 Å². The van der Waals surface area contributed by atoms with E-state index in [-0.39, 0.29) is 6.04 Å². The predicted octanol–water partition coefficient (Wildman–Crippen LogP) is 1.28. The number of aromatic nitrogens is 4. The van der Waals surface area contributed by atoms with Crippen molar-refractivity contribution in [1.82, 2.24) is 19.7 Å². The standard InChI is InChI=1S/C13H14N6/c1-9-16-12-5-4-11(8-19(12)18-9)17-13-10(7-14)3-2-6-15-13/h2-3,6,11H,4-5,8H2,1H3,(H,15,17). The lowest BCUT2D eigenvalue weighted by Gasteiger charge is -2.24. The number of nitrogens with zero attached hydrogens (tertiary/aromatic N) is 5. The first-order valence-corrected chi connectivity index (χ1v) is 6.28. The summed E-state index contributed by atoms with van der Waals surface area (Å²) in [6.45, 7) is 2.66. The van der Waals surface area contributed by atoms with Gasteiger partial charge in [0.25, 0.3) is 0 Å². The minimum Gasteiger partial charge on any atom is -0.364 e. The largest absolute Gasteiger partial charge is 0.364 e. The van der Waals surface area contributed by atoms with Crippen LogP contribution in [0.1, 0.15) is 23.6 Å². The fourth-order valence-corrected chi connectivity index (χ4v) is 2.36. The third-order valence-electron chi connectivity index (χ3n) is 3.23. The van der Waals surface area contributed by atoms with E-state index in [4.69, 9.17) is 5.26 Å². The number of fused-ring (bicyclic) bond motifs is 1. The van der Waals surface area contributed by atoms with E-state index in [0.717, 1.165) is 31.0 Å². The normalized spacial score (nSPS) is 17.6. The Bertz CT molecular complexity index is 639. The Balaban J connectivity index is 1.77. The molecular weight excluding hydrogens is 240 g/mol. The van der Waals surface area contributed by atoms with E-state index in [1.54, 1.807) is 18.3 Å². The Morgan fingerprint density at radius 1 is 1.53 bits per heavy atom. The van der Waals surface area contributed by atoms with Crippen LogP contribution in [0.4, 0.5) is 5.82 Å². The topological polar surface area (TPSA) is 79.4 Å². The van der Waals surface area contributed by atoms with Gasteiger partial charge in [0.2, 0.25) is 0 Å². The number of aryl methyl sites for hydroxylation is 2. The molecule has 96 valence electrons. The second-order valence-corrected chi connectivity index (χ2v) is 4.65. The molecule has 0 saturated heterocycles. The molecule has 0 aliphatic carbocycles. The lowest BCUT2D eigenvalue weighted by Crippen LogP contribution is -2.32. The van der Waals surface area contributed by atoms with Gasteiger partial charge in [0.15, 0.2) is 0 Å². The molecule has 0 saturated carbocycles. The number of nitriles is 1. The average molecular weight is 254 g/mol. The van der Waals surface area contributed by atoms with Crippen LogP contribution in [0.2, 0.25) is 0 Å². The fraction of sp³-hybridized carbons (Fsp3) is 0.385. The molecule has 1 N–H and O–H groups in total. The van der Waals surface area contributed by atoms with Crippen LogP contribution in [0.25, 0.3) is 0 Å². The second kappa shape index (κ2) is 4.69. The molecule has 1 aliphatic heterocycles. The first-order chi connectivity index (χ1) is 9.26. The summed E-state index contributed by atoms with van der Waals surface area (Å²) >= 11 is 0. The molecule has 3 heterocycles. The summed E-state index contributed by atoms with van der Waals surface area (Å²) in [6.07, 6.45) is 3.56. The molecule has 1 aliphatic rings. The molecule has 1 unspecified atom stereocenters. The highest BCUT2D eigenvalue weighted by Crippen LogP contribution is 2.18. The van der Waals surface area contributed by atoms with Crippen LogP contribution in [0.15, 0.2) is 18.3 Å². The zero-order valence-electron chi connectivity index (χ0n) is 10.7. The molecule has 6 heteroatoms. The molecule has 1 atom stereocenters. The smallest absolute Gasteiger partial charge is 0.147 e. The zero-order valence-corrected chi connectivity index (χ0v) is 10.7. The van der Waals surface area contributed by atoms with Crippen molar-refractivity contribution in [3.8, 4) is 6.07 Å². The number of hydrogen-bond donors (Lipinski definition) is 1. The van der Waals surface area contributed by atoms with Gasteiger partial charge in [-0.2, -0.15) is 10.4 Å². The van der Waals surface area contributed by atoms with Crippen molar-refractivity contribution in [3.05, 3.63) is 35.5 Å². The maximum atomic E-state index is 9.05. The predicted molar refractivity (Wildman–Crippen MR) is 69.4 cm³/mol. The average Bonchev–Trinajstić information content (AvgIpc) is 2.79. The van der Waals surface area contributed by atoms with Crippen LogP contribution in [0.3, 0.4) is 0 Å². The van der Waals surface area contributed by atoms with Gasteiger partial charge in [-0.15, -0.1) is 0 Å². The molecule has 0 aromatic carbocycles. The van der Waals surface area contributed by atoms with Crippen LogP contribution >= 0.6 is 0 Å². The molecular formula is C13H14N6. The van der Waals surface area contributed by atoms with Crippen molar-refractivity contribution < 1.29 is 0 Å². The highest BCUT2D eigenvalue weighted by atomic mass is 15.4. The Labute approximate surface area is 111 Å². The van der Waals surface area contributed by atoms with Crippen molar-refractivity contribution in [2.45, 2.75) is 32.4 Å². The number of anilines is 1. The van der Waals surface area contributed by atoms with Gasteiger partial charge in [0.05, 0.1) is 12.1 Å². The molecule has 0 amide bonds. The Kier molecular flexibility index (Phi) is 2.88. The Hall–Kier alpha value is -2.42. The molecule has 0 fully saturated rings. The van der Waals surface area contributed by atoms with Gasteiger partial charge >= 0.3 is 0 Å². The molecule has 19 heavy (non-hydrogen) atoms. The number of rotatable bonds is 2. The van der Waals surface area contributed by atoms with Crippen LogP contribution in [0.5, 0.6) is 0 Å². The van der Waals surface area contributed by atoms with Gasteiger partial charge in [-0.05, 0) is 25.5 Å². The first-order valence-electron chi connectivity index (χ1n) is 6.28. The van der Waals surface area contributed by atoms with Crippen molar-refractivity contribution >= 4 is 5.82 Å². The highest BCUT2D eigenvalue weighted by Gasteiger charge is 2.21. The van der Waals surface area contributed by atoms with Gasteiger partial charge in [-0.3, -0.25) is 0 Å². The van der Waals surface area contributed by atoms with Crippen molar-refractivity contribution in [3.63, 3.8) is 0 Å². The van der Waals surface area contributed by atoms with Gasteiger partial charge in [0.1, 0.15) is 23.5 Å². The van der Waals surface area contributed by atoms with Gasteiger partial charge in [-0.1, -0.05) is 0 Å². The summed E-state index contributed by atoms with van der Waals surface area (Å²) in [5.41, 5.74) is 0.572. The number of nitrogens with one attached hydrogen (secondary N) is 1. The lowest BCUT2D eigenvalue weighted by molar-refractivity contribution is 0.440. The number of pyridine rings is 1.